The zero-order chi connectivity index (χ0) is 16.3. The number of benzene rings is 1. The minimum Gasteiger partial charge on any atom is -0.488 e. The molecule has 1 aromatic carbocycles. The Morgan fingerprint density at radius 2 is 1.81 bits per heavy atom. The van der Waals surface area contributed by atoms with Gasteiger partial charge in [-0.05, 0) is 51.9 Å². The lowest BCUT2D eigenvalue weighted by Crippen LogP contribution is -2.26. The fourth-order valence-electron chi connectivity index (χ4n) is 2.29. The van der Waals surface area contributed by atoms with Gasteiger partial charge in [-0.2, -0.15) is 0 Å². The van der Waals surface area contributed by atoms with Crippen molar-refractivity contribution < 1.29 is 9.84 Å². The van der Waals surface area contributed by atoms with E-state index in [1.54, 1.807) is 6.08 Å². The first-order valence-electron chi connectivity index (χ1n) is 7.50. The Morgan fingerprint density at radius 3 is 2.24 bits per heavy atom. The highest BCUT2D eigenvalue weighted by Crippen LogP contribution is 2.42. The van der Waals surface area contributed by atoms with Crippen molar-refractivity contribution in [2.75, 3.05) is 6.61 Å². The summed E-state index contributed by atoms with van der Waals surface area (Å²) in [6, 6.07) is 4.16. The summed E-state index contributed by atoms with van der Waals surface area (Å²) in [5, 5.41) is 11.0. The lowest BCUT2D eigenvalue weighted by molar-refractivity contribution is 0.0255. The Bertz CT molecular complexity index is 497. The summed E-state index contributed by atoms with van der Waals surface area (Å²) >= 11 is 3.60. The van der Waals surface area contributed by atoms with Crippen molar-refractivity contribution in [3.63, 3.8) is 0 Å². The van der Waals surface area contributed by atoms with E-state index in [0.29, 0.717) is 25.2 Å². The molecule has 0 spiro atoms. The van der Waals surface area contributed by atoms with Crippen LogP contribution in [0.4, 0.5) is 0 Å². The van der Waals surface area contributed by atoms with Gasteiger partial charge in [-0.1, -0.05) is 47.3 Å². The summed E-state index contributed by atoms with van der Waals surface area (Å²) in [6.45, 7) is 14.6. The van der Waals surface area contributed by atoms with Gasteiger partial charge in [0.25, 0.3) is 0 Å². The molecule has 0 saturated heterocycles. The van der Waals surface area contributed by atoms with Crippen molar-refractivity contribution in [2.45, 2.75) is 58.5 Å². The van der Waals surface area contributed by atoms with Crippen LogP contribution in [-0.2, 0) is 11.0 Å². The number of aliphatic hydroxyl groups is 1. The van der Waals surface area contributed by atoms with E-state index in [4.69, 9.17) is 4.74 Å². The lowest BCUT2D eigenvalue weighted by Gasteiger charge is -2.31. The van der Waals surface area contributed by atoms with Gasteiger partial charge in [0.15, 0.2) is 0 Å². The Labute approximate surface area is 137 Å². The van der Waals surface area contributed by atoms with E-state index in [1.807, 2.05) is 13.8 Å². The average molecular weight is 355 g/mol. The molecule has 1 N–H and O–H groups in total. The van der Waals surface area contributed by atoms with Gasteiger partial charge < -0.3 is 9.84 Å². The molecule has 0 atom stereocenters. The molecule has 1 rings (SSSR count). The second-order valence-electron chi connectivity index (χ2n) is 6.42. The van der Waals surface area contributed by atoms with Crippen LogP contribution in [0.3, 0.4) is 0 Å². The van der Waals surface area contributed by atoms with Crippen molar-refractivity contribution in [1.29, 1.82) is 0 Å². The third-order valence-corrected chi connectivity index (χ3v) is 4.52. The molecule has 0 saturated carbocycles. The summed E-state index contributed by atoms with van der Waals surface area (Å²) < 4.78 is 6.69. The van der Waals surface area contributed by atoms with Gasteiger partial charge in [-0.15, -0.1) is 0 Å². The number of rotatable bonds is 6. The maximum atomic E-state index is 11.0. The highest BCUT2D eigenvalue weighted by molar-refractivity contribution is 9.10. The van der Waals surface area contributed by atoms with Crippen molar-refractivity contribution in [3.8, 4) is 5.75 Å². The molecule has 0 bridgehead atoms. The molecule has 0 aliphatic heterocycles. The van der Waals surface area contributed by atoms with Gasteiger partial charge in [-0.3, -0.25) is 0 Å². The Balaban J connectivity index is 3.53. The number of hydrogen-bond acceptors (Lipinski definition) is 2. The van der Waals surface area contributed by atoms with Gasteiger partial charge in [0, 0.05) is 5.56 Å². The van der Waals surface area contributed by atoms with Gasteiger partial charge in [0.1, 0.15) is 12.4 Å². The molecule has 0 unspecified atom stereocenters. The van der Waals surface area contributed by atoms with Crippen LogP contribution in [0.1, 0.15) is 58.6 Å². The van der Waals surface area contributed by atoms with E-state index in [0.717, 1.165) is 10.0 Å². The van der Waals surface area contributed by atoms with Crippen molar-refractivity contribution in [2.24, 2.45) is 0 Å². The predicted octanol–water partition coefficient (Wildman–Crippen LogP) is 5.32. The van der Waals surface area contributed by atoms with Crippen LogP contribution in [0.5, 0.6) is 5.75 Å². The summed E-state index contributed by atoms with van der Waals surface area (Å²) in [5.74, 6) is 0.717. The van der Waals surface area contributed by atoms with Gasteiger partial charge >= 0.3 is 0 Å². The van der Waals surface area contributed by atoms with Gasteiger partial charge in [0.05, 0.1) is 10.1 Å². The zero-order valence-corrected chi connectivity index (χ0v) is 15.4. The molecular formula is C18H27BrO2. The third-order valence-electron chi connectivity index (χ3n) is 3.93. The fourth-order valence-corrected chi connectivity index (χ4v) is 2.87. The minimum atomic E-state index is -0.875. The summed E-state index contributed by atoms with van der Waals surface area (Å²) in [7, 11) is 0. The van der Waals surface area contributed by atoms with Crippen LogP contribution in [0, 0.1) is 0 Å². The monoisotopic (exact) mass is 354 g/mol. The number of halogens is 1. The molecule has 1 aromatic rings. The first-order valence-corrected chi connectivity index (χ1v) is 8.29. The Morgan fingerprint density at radius 1 is 1.24 bits per heavy atom. The Kier molecular flexibility index (Phi) is 6.06. The Hall–Kier alpha value is -0.800. The van der Waals surface area contributed by atoms with Crippen molar-refractivity contribution in [3.05, 3.63) is 40.4 Å². The SMILES string of the molecule is C=CCOc1c(Br)cc(C(C)(C)C)cc1C(O)(CC)CC. The highest BCUT2D eigenvalue weighted by atomic mass is 79.9. The molecule has 0 aromatic heterocycles. The lowest BCUT2D eigenvalue weighted by atomic mass is 9.81. The van der Waals surface area contributed by atoms with Gasteiger partial charge in [0.2, 0.25) is 0 Å². The quantitative estimate of drug-likeness (QED) is 0.700. The maximum Gasteiger partial charge on any atom is 0.140 e. The first-order chi connectivity index (χ1) is 9.69. The highest BCUT2D eigenvalue weighted by Gasteiger charge is 2.31. The molecule has 0 aliphatic carbocycles. The zero-order valence-electron chi connectivity index (χ0n) is 13.8. The van der Waals surface area contributed by atoms with E-state index in [9.17, 15) is 5.11 Å². The second-order valence-corrected chi connectivity index (χ2v) is 7.28. The number of hydrogen-bond donors (Lipinski definition) is 1. The molecule has 118 valence electrons. The minimum absolute atomic E-state index is 0.0105. The second kappa shape index (κ2) is 6.97. The van der Waals surface area contributed by atoms with E-state index in [-0.39, 0.29) is 5.41 Å². The largest absolute Gasteiger partial charge is 0.488 e. The molecule has 0 amide bonds. The first kappa shape index (κ1) is 18.2. The molecule has 0 radical (unpaired) electrons. The molecule has 21 heavy (non-hydrogen) atoms. The third kappa shape index (κ3) is 4.10. The van der Waals surface area contributed by atoms with Crippen LogP contribution < -0.4 is 4.74 Å². The molecule has 0 fully saturated rings. The van der Waals surface area contributed by atoms with Crippen molar-refractivity contribution in [1.82, 2.24) is 0 Å². The van der Waals surface area contributed by atoms with Crippen molar-refractivity contribution >= 4 is 15.9 Å². The molecule has 3 heteroatoms. The van der Waals surface area contributed by atoms with Crippen LogP contribution in [0.15, 0.2) is 29.3 Å². The summed E-state index contributed by atoms with van der Waals surface area (Å²) in [4.78, 5) is 0. The van der Waals surface area contributed by atoms with E-state index in [1.165, 1.54) is 5.56 Å². The fraction of sp³-hybridized carbons (Fsp3) is 0.556. The molecule has 0 heterocycles. The molecule has 2 nitrogen and oxygen atoms in total. The predicted molar refractivity (Wildman–Crippen MR) is 93.0 cm³/mol. The van der Waals surface area contributed by atoms with Crippen LogP contribution in [0.25, 0.3) is 0 Å². The van der Waals surface area contributed by atoms with Crippen LogP contribution in [-0.4, -0.2) is 11.7 Å². The van der Waals surface area contributed by atoms with E-state index in [2.05, 4.69) is 55.4 Å². The summed E-state index contributed by atoms with van der Waals surface area (Å²) in [6.07, 6.45) is 3.01. The maximum absolute atomic E-state index is 11.0. The van der Waals surface area contributed by atoms with Gasteiger partial charge in [-0.25, -0.2) is 0 Å². The van der Waals surface area contributed by atoms with Crippen LogP contribution in [0.2, 0.25) is 0 Å². The molecule has 0 aliphatic rings. The normalized spacial score (nSPS) is 12.3. The molecular weight excluding hydrogens is 328 g/mol. The number of ether oxygens (including phenoxy) is 1. The standard InChI is InChI=1S/C18H27BrO2/c1-7-10-21-16-14(18(20,8-2)9-3)11-13(12-15(16)19)17(4,5)6/h7,11-12,20H,1,8-10H2,2-6H3. The van der Waals surface area contributed by atoms with Crippen LogP contribution >= 0.6 is 15.9 Å². The van der Waals surface area contributed by atoms with E-state index < -0.39 is 5.60 Å². The van der Waals surface area contributed by atoms with E-state index >= 15 is 0 Å². The topological polar surface area (TPSA) is 29.5 Å². The summed E-state index contributed by atoms with van der Waals surface area (Å²) in [5.41, 5.74) is 1.17. The average Bonchev–Trinajstić information content (AvgIpc) is 2.43. The smallest absolute Gasteiger partial charge is 0.140 e.